The van der Waals surface area contributed by atoms with Crippen molar-refractivity contribution in [3.8, 4) is 0 Å². The predicted octanol–water partition coefficient (Wildman–Crippen LogP) is 2.46. The molecule has 0 aromatic carbocycles. The highest BCUT2D eigenvalue weighted by Gasteiger charge is 2.18. The molecule has 1 fully saturated rings. The number of nitrogens with one attached hydrogen (secondary N) is 1. The average Bonchev–Trinajstić information content (AvgIpc) is 2.79. The summed E-state index contributed by atoms with van der Waals surface area (Å²) < 4.78 is 0. The van der Waals surface area contributed by atoms with Crippen molar-refractivity contribution >= 4 is 27.9 Å². The Kier molecular flexibility index (Phi) is 4.47. The van der Waals surface area contributed by atoms with Gasteiger partial charge in [-0.05, 0) is 31.7 Å². The lowest BCUT2D eigenvalue weighted by Gasteiger charge is -2.26. The molecular formula is C13H21N3OS. The van der Waals surface area contributed by atoms with Crippen molar-refractivity contribution in [2.24, 2.45) is 0 Å². The first kappa shape index (κ1) is 13.2. The predicted molar refractivity (Wildman–Crippen MR) is 77.4 cm³/mol. The summed E-state index contributed by atoms with van der Waals surface area (Å²) in [6, 6.07) is 1.94. The van der Waals surface area contributed by atoms with Crippen LogP contribution in [0, 0.1) is 0 Å². The maximum Gasteiger partial charge on any atom is 0.263 e. The Labute approximate surface area is 112 Å². The van der Waals surface area contributed by atoms with Gasteiger partial charge >= 0.3 is 0 Å². The molecule has 100 valence electrons. The van der Waals surface area contributed by atoms with E-state index < -0.39 is 0 Å². The molecule has 0 unspecified atom stereocenters. The Morgan fingerprint density at radius 1 is 1.44 bits per heavy atom. The van der Waals surface area contributed by atoms with Crippen LogP contribution in [0.3, 0.4) is 0 Å². The summed E-state index contributed by atoms with van der Waals surface area (Å²) in [5.41, 5.74) is 6.55. The van der Waals surface area contributed by atoms with Crippen LogP contribution in [0.25, 0.3) is 0 Å². The SMILES string of the molecule is CCCNC(=O)c1sc(N2CCCCC2)cc1N. The second-order valence-electron chi connectivity index (χ2n) is 4.67. The van der Waals surface area contributed by atoms with Gasteiger partial charge in [0, 0.05) is 19.6 Å². The zero-order valence-corrected chi connectivity index (χ0v) is 11.7. The molecule has 1 aliphatic heterocycles. The highest BCUT2D eigenvalue weighted by Crippen LogP contribution is 2.33. The maximum atomic E-state index is 11.9. The van der Waals surface area contributed by atoms with E-state index in [4.69, 9.17) is 5.73 Å². The zero-order valence-electron chi connectivity index (χ0n) is 10.9. The standard InChI is InChI=1S/C13H21N3OS/c1-2-6-15-13(17)12-10(14)9-11(18-12)16-7-4-3-5-8-16/h9H,2-8,14H2,1H3,(H,15,17). The van der Waals surface area contributed by atoms with E-state index in [9.17, 15) is 4.79 Å². The molecule has 3 N–H and O–H groups in total. The summed E-state index contributed by atoms with van der Waals surface area (Å²) in [5, 5.41) is 4.01. The van der Waals surface area contributed by atoms with Crippen molar-refractivity contribution in [3.05, 3.63) is 10.9 Å². The van der Waals surface area contributed by atoms with E-state index in [-0.39, 0.29) is 5.91 Å². The molecule has 0 saturated carbocycles. The third-order valence-electron chi connectivity index (χ3n) is 3.16. The number of piperidine rings is 1. The van der Waals surface area contributed by atoms with E-state index >= 15 is 0 Å². The van der Waals surface area contributed by atoms with Crippen molar-refractivity contribution in [2.75, 3.05) is 30.3 Å². The van der Waals surface area contributed by atoms with Gasteiger partial charge < -0.3 is 16.0 Å². The number of amides is 1. The Morgan fingerprint density at radius 2 is 2.17 bits per heavy atom. The van der Waals surface area contributed by atoms with E-state index in [1.54, 1.807) is 0 Å². The van der Waals surface area contributed by atoms with E-state index in [2.05, 4.69) is 10.2 Å². The van der Waals surface area contributed by atoms with E-state index in [1.165, 1.54) is 30.6 Å². The lowest BCUT2D eigenvalue weighted by molar-refractivity contribution is 0.0958. The number of hydrogen-bond acceptors (Lipinski definition) is 4. The van der Waals surface area contributed by atoms with Crippen LogP contribution < -0.4 is 16.0 Å². The van der Waals surface area contributed by atoms with Gasteiger partial charge in [0.05, 0.1) is 10.7 Å². The fourth-order valence-corrected chi connectivity index (χ4v) is 3.21. The van der Waals surface area contributed by atoms with Crippen molar-refractivity contribution in [1.82, 2.24) is 5.32 Å². The van der Waals surface area contributed by atoms with Crippen LogP contribution >= 0.6 is 11.3 Å². The van der Waals surface area contributed by atoms with Crippen LogP contribution in [0.15, 0.2) is 6.07 Å². The normalized spacial score (nSPS) is 15.7. The number of thiophene rings is 1. The van der Waals surface area contributed by atoms with Crippen LogP contribution in [0.1, 0.15) is 42.3 Å². The monoisotopic (exact) mass is 267 g/mol. The molecule has 1 aliphatic rings. The van der Waals surface area contributed by atoms with Gasteiger partial charge in [-0.3, -0.25) is 4.79 Å². The number of nitrogen functional groups attached to an aromatic ring is 1. The van der Waals surface area contributed by atoms with Gasteiger partial charge in [0.15, 0.2) is 0 Å². The number of anilines is 2. The first-order valence-electron chi connectivity index (χ1n) is 6.65. The molecule has 1 aromatic heterocycles. The molecule has 5 heteroatoms. The van der Waals surface area contributed by atoms with Gasteiger partial charge in [-0.15, -0.1) is 11.3 Å². The number of nitrogens with zero attached hydrogens (tertiary/aromatic N) is 1. The van der Waals surface area contributed by atoms with Gasteiger partial charge in [-0.2, -0.15) is 0 Å². The van der Waals surface area contributed by atoms with E-state index in [1.807, 2.05) is 13.0 Å². The number of carbonyl (C=O) groups is 1. The summed E-state index contributed by atoms with van der Waals surface area (Å²) in [7, 11) is 0. The first-order chi connectivity index (χ1) is 8.72. The Balaban J connectivity index is 2.08. The Hall–Kier alpha value is -1.23. The van der Waals surface area contributed by atoms with Crippen molar-refractivity contribution in [3.63, 3.8) is 0 Å². The molecule has 0 bridgehead atoms. The highest BCUT2D eigenvalue weighted by atomic mass is 32.1. The molecule has 1 saturated heterocycles. The Morgan fingerprint density at radius 3 is 2.83 bits per heavy atom. The molecule has 2 rings (SSSR count). The third kappa shape index (κ3) is 2.96. The summed E-state index contributed by atoms with van der Waals surface area (Å²) >= 11 is 1.51. The highest BCUT2D eigenvalue weighted by molar-refractivity contribution is 7.18. The number of rotatable bonds is 4. The smallest absolute Gasteiger partial charge is 0.263 e. The molecule has 2 heterocycles. The summed E-state index contributed by atoms with van der Waals surface area (Å²) in [5.74, 6) is -0.0393. The molecule has 1 amide bonds. The molecule has 4 nitrogen and oxygen atoms in total. The summed E-state index contributed by atoms with van der Waals surface area (Å²) in [6.07, 6.45) is 4.71. The molecule has 0 radical (unpaired) electrons. The van der Waals surface area contributed by atoms with Crippen LogP contribution in [-0.4, -0.2) is 25.5 Å². The van der Waals surface area contributed by atoms with Gasteiger partial charge in [0.25, 0.3) is 5.91 Å². The van der Waals surface area contributed by atoms with Crippen LogP contribution in [-0.2, 0) is 0 Å². The quantitative estimate of drug-likeness (QED) is 0.881. The fraction of sp³-hybridized carbons (Fsp3) is 0.615. The molecular weight excluding hydrogens is 246 g/mol. The minimum Gasteiger partial charge on any atom is -0.397 e. The number of hydrogen-bond donors (Lipinski definition) is 2. The minimum absolute atomic E-state index is 0.0393. The van der Waals surface area contributed by atoms with Gasteiger partial charge in [-0.1, -0.05) is 6.92 Å². The van der Waals surface area contributed by atoms with Crippen LogP contribution in [0.5, 0.6) is 0 Å². The molecule has 1 aromatic rings. The van der Waals surface area contributed by atoms with Gasteiger partial charge in [0.2, 0.25) is 0 Å². The molecule has 0 atom stereocenters. The average molecular weight is 267 g/mol. The molecule has 0 aliphatic carbocycles. The zero-order chi connectivity index (χ0) is 13.0. The largest absolute Gasteiger partial charge is 0.397 e. The molecule has 18 heavy (non-hydrogen) atoms. The fourth-order valence-electron chi connectivity index (χ4n) is 2.16. The number of nitrogens with two attached hydrogens (primary N) is 1. The second kappa shape index (κ2) is 6.09. The summed E-state index contributed by atoms with van der Waals surface area (Å²) in [4.78, 5) is 14.9. The minimum atomic E-state index is -0.0393. The lowest BCUT2D eigenvalue weighted by Crippen LogP contribution is -2.28. The maximum absolute atomic E-state index is 11.9. The lowest BCUT2D eigenvalue weighted by atomic mass is 10.1. The van der Waals surface area contributed by atoms with E-state index in [0.717, 1.165) is 24.5 Å². The van der Waals surface area contributed by atoms with Gasteiger partial charge in [-0.25, -0.2) is 0 Å². The van der Waals surface area contributed by atoms with E-state index in [0.29, 0.717) is 17.1 Å². The first-order valence-corrected chi connectivity index (χ1v) is 7.46. The number of carbonyl (C=O) groups excluding carboxylic acids is 1. The van der Waals surface area contributed by atoms with Crippen LogP contribution in [0.4, 0.5) is 10.7 Å². The van der Waals surface area contributed by atoms with Crippen LogP contribution in [0.2, 0.25) is 0 Å². The summed E-state index contributed by atoms with van der Waals surface area (Å²) in [6.45, 7) is 4.90. The van der Waals surface area contributed by atoms with Crippen molar-refractivity contribution < 1.29 is 4.79 Å². The van der Waals surface area contributed by atoms with Crippen molar-refractivity contribution in [1.29, 1.82) is 0 Å². The van der Waals surface area contributed by atoms with Crippen molar-refractivity contribution in [2.45, 2.75) is 32.6 Å². The Bertz CT molecular complexity index is 410. The third-order valence-corrected chi connectivity index (χ3v) is 4.37. The second-order valence-corrected chi connectivity index (χ2v) is 5.70. The molecule has 0 spiro atoms. The van der Waals surface area contributed by atoms with Gasteiger partial charge in [0.1, 0.15) is 4.88 Å². The topological polar surface area (TPSA) is 58.4 Å².